The first-order valence-electron chi connectivity index (χ1n) is 21.3. The maximum Gasteiger partial charge on any atom is 0.303 e. The minimum absolute atomic E-state index is 0.219. The SMILES string of the molecule is CCCCCCCCCCCCCCCCO[C@@H]1O[C@H](COC(C)=O)[C@@H](O[C@@H]2O[C@H](COC(C)=O)[C@H](OC(C)=O)[C@H](OC(C)=O)[C@H]2OC(C)=O)[C@H](OC(C)=O)[C@H]1NC(C)=O. The van der Waals surface area contributed by atoms with Crippen LogP contribution in [0.25, 0.3) is 0 Å². The molecular formula is C42H69NO17. The molecule has 2 rings (SSSR count). The zero-order valence-corrected chi connectivity index (χ0v) is 36.7. The van der Waals surface area contributed by atoms with Gasteiger partial charge in [-0.15, -0.1) is 0 Å². The molecule has 0 bridgehead atoms. The summed E-state index contributed by atoms with van der Waals surface area (Å²) in [6.45, 7) is 9.35. The van der Waals surface area contributed by atoms with Crippen LogP contribution in [0.2, 0.25) is 0 Å². The molecule has 0 radical (unpaired) electrons. The van der Waals surface area contributed by atoms with Crippen LogP contribution in [0.4, 0.5) is 0 Å². The maximum absolute atomic E-state index is 12.7. The molecule has 60 heavy (non-hydrogen) atoms. The molecule has 0 aromatic heterocycles. The predicted molar refractivity (Wildman–Crippen MR) is 212 cm³/mol. The maximum atomic E-state index is 12.7. The van der Waals surface area contributed by atoms with Gasteiger partial charge in [0.2, 0.25) is 5.91 Å². The molecule has 0 spiro atoms. The van der Waals surface area contributed by atoms with Gasteiger partial charge in [0.1, 0.15) is 37.6 Å². The van der Waals surface area contributed by atoms with Crippen LogP contribution in [0.1, 0.15) is 145 Å². The Kier molecular flexibility index (Phi) is 24.9. The number of hydrogen-bond donors (Lipinski definition) is 1. The first-order valence-corrected chi connectivity index (χ1v) is 21.3. The van der Waals surface area contributed by atoms with E-state index in [-0.39, 0.29) is 6.61 Å². The second-order valence-corrected chi connectivity index (χ2v) is 15.3. The third kappa shape index (κ3) is 20.1. The largest absolute Gasteiger partial charge is 0.463 e. The Labute approximate surface area is 354 Å². The molecule has 0 unspecified atom stereocenters. The second kappa shape index (κ2) is 28.6. The molecule has 1 amide bonds. The van der Waals surface area contributed by atoms with Crippen molar-refractivity contribution in [2.24, 2.45) is 0 Å². The van der Waals surface area contributed by atoms with E-state index in [1.165, 1.54) is 71.6 Å². The van der Waals surface area contributed by atoms with Crippen molar-refractivity contribution in [3.05, 3.63) is 0 Å². The van der Waals surface area contributed by atoms with Crippen molar-refractivity contribution >= 4 is 41.7 Å². The van der Waals surface area contributed by atoms with Crippen molar-refractivity contribution < 1.29 is 80.9 Å². The summed E-state index contributed by atoms with van der Waals surface area (Å²) in [4.78, 5) is 86.3. The fraction of sp³-hybridized carbons (Fsp3) is 0.833. The van der Waals surface area contributed by atoms with Crippen molar-refractivity contribution in [3.63, 3.8) is 0 Å². The molecule has 2 fully saturated rings. The van der Waals surface area contributed by atoms with Crippen LogP contribution in [0.15, 0.2) is 0 Å². The Hall–Kier alpha value is -3.87. The lowest BCUT2D eigenvalue weighted by Crippen LogP contribution is -2.69. The summed E-state index contributed by atoms with van der Waals surface area (Å²) >= 11 is 0. The molecule has 1 N–H and O–H groups in total. The van der Waals surface area contributed by atoms with Crippen molar-refractivity contribution in [1.82, 2.24) is 5.32 Å². The van der Waals surface area contributed by atoms with Crippen LogP contribution in [0, 0.1) is 0 Å². The minimum Gasteiger partial charge on any atom is -0.463 e. The van der Waals surface area contributed by atoms with E-state index in [0.717, 1.165) is 60.3 Å². The Morgan fingerprint density at radius 3 is 1.30 bits per heavy atom. The third-order valence-corrected chi connectivity index (χ3v) is 9.79. The van der Waals surface area contributed by atoms with Gasteiger partial charge in [-0.1, -0.05) is 90.4 Å². The highest BCUT2D eigenvalue weighted by Gasteiger charge is 2.57. The van der Waals surface area contributed by atoms with Crippen LogP contribution < -0.4 is 5.32 Å². The summed E-state index contributed by atoms with van der Waals surface area (Å²) in [5.41, 5.74) is 0. The van der Waals surface area contributed by atoms with E-state index in [9.17, 15) is 33.6 Å². The lowest BCUT2D eigenvalue weighted by Gasteiger charge is -2.49. The van der Waals surface area contributed by atoms with Gasteiger partial charge in [0.25, 0.3) is 0 Å². The number of carbonyl (C=O) groups is 7. The Morgan fingerprint density at radius 1 is 0.450 bits per heavy atom. The molecule has 0 aromatic carbocycles. The summed E-state index contributed by atoms with van der Waals surface area (Å²) in [6, 6.07) is -1.19. The highest BCUT2D eigenvalue weighted by atomic mass is 16.8. The van der Waals surface area contributed by atoms with Gasteiger partial charge < -0.3 is 52.7 Å². The standard InChI is InChI=1S/C42H69NO17/c1-9-10-11-12-13-14-15-16-17-18-19-20-21-22-23-51-41-35(43-26(2)44)38(55-30(6)48)36(33(58-41)24-52-27(3)45)60-42-40(57-32(8)50)39(56-31(7)49)37(54-29(5)47)34(59-42)25-53-28(4)46/h33-42H,9-25H2,1-8H3,(H,43,44)/t33-,34-,35-,36-,37+,38-,39+,40-,41-,42+/m1/s1. The lowest BCUT2D eigenvalue weighted by molar-refractivity contribution is -0.350. The van der Waals surface area contributed by atoms with Gasteiger partial charge >= 0.3 is 35.8 Å². The van der Waals surface area contributed by atoms with Crippen LogP contribution in [-0.2, 0) is 80.9 Å². The Morgan fingerprint density at radius 2 is 0.850 bits per heavy atom. The molecule has 344 valence electrons. The molecule has 18 nitrogen and oxygen atoms in total. The van der Waals surface area contributed by atoms with E-state index in [1.807, 2.05) is 0 Å². The van der Waals surface area contributed by atoms with Gasteiger partial charge in [0, 0.05) is 55.1 Å². The molecule has 0 saturated carbocycles. The average molecular weight is 860 g/mol. The number of hydrogen-bond acceptors (Lipinski definition) is 17. The van der Waals surface area contributed by atoms with Crippen molar-refractivity contribution in [2.45, 2.75) is 207 Å². The van der Waals surface area contributed by atoms with Crippen LogP contribution >= 0.6 is 0 Å². The molecule has 0 aliphatic carbocycles. The van der Waals surface area contributed by atoms with Gasteiger partial charge in [0.05, 0.1) is 0 Å². The third-order valence-electron chi connectivity index (χ3n) is 9.79. The van der Waals surface area contributed by atoms with E-state index >= 15 is 0 Å². The first-order chi connectivity index (χ1) is 28.5. The molecule has 2 aliphatic rings. The fourth-order valence-electron chi connectivity index (χ4n) is 7.21. The molecule has 2 aliphatic heterocycles. The molecular weight excluding hydrogens is 790 g/mol. The van der Waals surface area contributed by atoms with Gasteiger partial charge in [-0.2, -0.15) is 0 Å². The second-order valence-electron chi connectivity index (χ2n) is 15.3. The molecule has 0 aromatic rings. The lowest BCUT2D eigenvalue weighted by atomic mass is 9.94. The number of esters is 6. The number of ether oxygens (including phenoxy) is 10. The van der Waals surface area contributed by atoms with Gasteiger partial charge in [-0.3, -0.25) is 33.6 Å². The quantitative estimate of drug-likeness (QED) is 0.0673. The van der Waals surface area contributed by atoms with E-state index in [2.05, 4.69) is 12.2 Å². The number of nitrogens with one attached hydrogen (secondary N) is 1. The van der Waals surface area contributed by atoms with Crippen molar-refractivity contribution in [3.8, 4) is 0 Å². The smallest absolute Gasteiger partial charge is 0.303 e. The highest BCUT2D eigenvalue weighted by Crippen LogP contribution is 2.35. The normalized spacial score (nSPS) is 26.3. The summed E-state index contributed by atoms with van der Waals surface area (Å²) < 4.78 is 57.8. The van der Waals surface area contributed by atoms with Gasteiger partial charge in [-0.25, -0.2) is 0 Å². The molecule has 2 heterocycles. The minimum atomic E-state index is -1.73. The summed E-state index contributed by atoms with van der Waals surface area (Å²) in [5, 5.41) is 2.73. The number of rotatable bonds is 27. The average Bonchev–Trinajstić information content (AvgIpc) is 3.15. The topological polar surface area (TPSA) is 224 Å². The Bertz CT molecular complexity index is 1360. The van der Waals surface area contributed by atoms with Crippen LogP contribution in [0.3, 0.4) is 0 Å². The highest BCUT2D eigenvalue weighted by molar-refractivity contribution is 5.73. The van der Waals surface area contributed by atoms with Crippen LogP contribution in [0.5, 0.6) is 0 Å². The van der Waals surface area contributed by atoms with Crippen molar-refractivity contribution in [1.29, 1.82) is 0 Å². The molecule has 18 heteroatoms. The summed E-state index contributed by atoms with van der Waals surface area (Å²) in [7, 11) is 0. The zero-order chi connectivity index (χ0) is 44.6. The van der Waals surface area contributed by atoms with Gasteiger partial charge in [0.15, 0.2) is 37.0 Å². The zero-order valence-electron chi connectivity index (χ0n) is 36.7. The number of amides is 1. The monoisotopic (exact) mass is 859 g/mol. The van der Waals surface area contributed by atoms with E-state index < -0.39 is 116 Å². The number of unbranched alkanes of at least 4 members (excludes halogenated alkanes) is 13. The summed E-state index contributed by atoms with van der Waals surface area (Å²) in [5.74, 6) is -5.30. The Balaban J connectivity index is 2.33. The van der Waals surface area contributed by atoms with Crippen molar-refractivity contribution in [2.75, 3.05) is 19.8 Å². The summed E-state index contributed by atoms with van der Waals surface area (Å²) in [6.07, 6.45) is 3.24. The molecule has 2 saturated heterocycles. The van der Waals surface area contributed by atoms with Crippen LogP contribution in [-0.4, -0.2) is 123 Å². The first kappa shape index (κ1) is 52.3. The van der Waals surface area contributed by atoms with E-state index in [4.69, 9.17) is 47.4 Å². The van der Waals surface area contributed by atoms with E-state index in [0.29, 0.717) is 6.42 Å². The fourth-order valence-corrected chi connectivity index (χ4v) is 7.21. The number of carbonyl (C=O) groups excluding carboxylic acids is 7. The predicted octanol–water partition coefficient (Wildman–Crippen LogP) is 4.68. The van der Waals surface area contributed by atoms with E-state index in [1.54, 1.807) is 0 Å². The van der Waals surface area contributed by atoms with Gasteiger partial charge in [-0.05, 0) is 6.42 Å². The molecule has 10 atom stereocenters.